The monoisotopic (exact) mass is 452 g/mol. The van der Waals surface area contributed by atoms with E-state index < -0.39 is 17.6 Å². The van der Waals surface area contributed by atoms with Crippen LogP contribution in [0.4, 0.5) is 13.2 Å². The van der Waals surface area contributed by atoms with Gasteiger partial charge in [-0.3, -0.25) is 9.59 Å². The molecule has 1 aromatic carbocycles. The van der Waals surface area contributed by atoms with Crippen molar-refractivity contribution in [2.75, 3.05) is 19.6 Å². The first-order valence-electron chi connectivity index (χ1n) is 11.0. The molecule has 4 rings (SSSR count). The summed E-state index contributed by atoms with van der Waals surface area (Å²) in [5.41, 5.74) is -0.764. The van der Waals surface area contributed by atoms with Crippen molar-refractivity contribution in [1.29, 1.82) is 0 Å². The Balaban J connectivity index is 1.55. The van der Waals surface area contributed by atoms with Gasteiger partial charge in [-0.1, -0.05) is 13.8 Å². The normalized spacial score (nSPS) is 22.8. The highest BCUT2D eigenvalue weighted by molar-refractivity contribution is 5.99. The average molecular weight is 452 g/mol. The van der Waals surface area contributed by atoms with Crippen LogP contribution in [0.15, 0.2) is 22.6 Å². The van der Waals surface area contributed by atoms with E-state index in [1.807, 2.05) is 0 Å². The highest BCUT2D eigenvalue weighted by Crippen LogP contribution is 2.38. The number of aliphatic hydroxyl groups excluding tert-OH is 1. The Hall–Kier alpha value is -2.55. The highest BCUT2D eigenvalue weighted by atomic mass is 19.4. The maximum Gasteiger partial charge on any atom is 0.420 e. The quantitative estimate of drug-likeness (QED) is 0.759. The van der Waals surface area contributed by atoms with Gasteiger partial charge < -0.3 is 19.3 Å². The van der Waals surface area contributed by atoms with E-state index in [2.05, 4.69) is 0 Å². The van der Waals surface area contributed by atoms with Gasteiger partial charge in [0.15, 0.2) is 5.76 Å². The highest BCUT2D eigenvalue weighted by Gasteiger charge is 2.37. The lowest BCUT2D eigenvalue weighted by Gasteiger charge is -2.41. The fourth-order valence-corrected chi connectivity index (χ4v) is 4.60. The number of nitrogens with zero attached hydrogens (tertiary/aromatic N) is 2. The molecule has 6 nitrogen and oxygen atoms in total. The summed E-state index contributed by atoms with van der Waals surface area (Å²) in [4.78, 5) is 28.7. The minimum atomic E-state index is -4.61. The Kier molecular flexibility index (Phi) is 5.96. The van der Waals surface area contributed by atoms with Gasteiger partial charge in [-0.05, 0) is 55.4 Å². The summed E-state index contributed by atoms with van der Waals surface area (Å²) < 4.78 is 46.2. The van der Waals surface area contributed by atoms with Gasteiger partial charge >= 0.3 is 6.18 Å². The molecule has 1 aliphatic heterocycles. The number of amides is 2. The number of piperazine rings is 1. The molecule has 1 saturated heterocycles. The van der Waals surface area contributed by atoms with Crippen LogP contribution in [0.1, 0.15) is 67.1 Å². The standard InChI is InChI=1S/C23H27F3N2O4/c1-13(2)14-9-15-11-19(32-21(15)18(10-14)23(24,25)26)22(31)27-7-8-28(20(30)12-27)16-3-5-17(29)6-4-16/h9-11,13,16-17,29H,3-8,12H2,1-2H3/t16-,17-. The molecule has 0 spiro atoms. The number of alkyl halides is 3. The summed E-state index contributed by atoms with van der Waals surface area (Å²) in [5.74, 6) is -1.11. The van der Waals surface area contributed by atoms with Gasteiger partial charge in [0.05, 0.1) is 11.7 Å². The van der Waals surface area contributed by atoms with Gasteiger partial charge in [0.1, 0.15) is 12.1 Å². The predicted molar refractivity (Wildman–Crippen MR) is 111 cm³/mol. The van der Waals surface area contributed by atoms with E-state index in [-0.39, 0.29) is 53.8 Å². The largest absolute Gasteiger partial charge is 0.450 e. The fraction of sp³-hybridized carbons (Fsp3) is 0.565. The number of carbonyl (C=O) groups excluding carboxylic acids is 2. The van der Waals surface area contributed by atoms with Crippen LogP contribution in [0, 0.1) is 0 Å². The van der Waals surface area contributed by atoms with Crippen molar-refractivity contribution in [2.24, 2.45) is 0 Å². The third kappa shape index (κ3) is 4.35. The molecular weight excluding hydrogens is 425 g/mol. The number of furan rings is 1. The van der Waals surface area contributed by atoms with Crippen molar-refractivity contribution < 1.29 is 32.3 Å². The first kappa shape index (κ1) is 22.6. The first-order valence-corrected chi connectivity index (χ1v) is 11.0. The Morgan fingerprint density at radius 1 is 1.12 bits per heavy atom. The summed E-state index contributed by atoms with van der Waals surface area (Å²) in [7, 11) is 0. The summed E-state index contributed by atoms with van der Waals surface area (Å²) in [6.45, 7) is 4.09. The second-order valence-corrected chi connectivity index (χ2v) is 9.03. The molecule has 0 atom stereocenters. The second-order valence-electron chi connectivity index (χ2n) is 9.03. The number of halogens is 3. The van der Waals surface area contributed by atoms with Crippen LogP contribution in [0.5, 0.6) is 0 Å². The molecule has 1 aliphatic carbocycles. The Bertz CT molecular complexity index is 1020. The zero-order chi connectivity index (χ0) is 23.2. The maximum atomic E-state index is 13.6. The number of fused-ring (bicyclic) bond motifs is 1. The molecule has 2 amide bonds. The van der Waals surface area contributed by atoms with Crippen molar-refractivity contribution in [3.63, 3.8) is 0 Å². The average Bonchev–Trinajstić information content (AvgIpc) is 3.16. The zero-order valence-electron chi connectivity index (χ0n) is 18.1. The molecule has 2 aromatic rings. The van der Waals surface area contributed by atoms with E-state index in [1.54, 1.807) is 24.8 Å². The minimum absolute atomic E-state index is 0.0538. The molecule has 0 radical (unpaired) electrons. The van der Waals surface area contributed by atoms with Gasteiger partial charge in [-0.2, -0.15) is 13.2 Å². The first-order chi connectivity index (χ1) is 15.0. The molecule has 0 unspecified atom stereocenters. The second kappa shape index (κ2) is 8.42. The SMILES string of the molecule is CC(C)c1cc(C(F)(F)F)c2oc(C(=O)N3CCN([C@H]4CC[C@H](O)CC4)C(=O)C3)cc2c1. The predicted octanol–water partition coefficient (Wildman–Crippen LogP) is 4.16. The minimum Gasteiger partial charge on any atom is -0.450 e. The van der Waals surface area contributed by atoms with Crippen LogP contribution in [-0.2, 0) is 11.0 Å². The lowest BCUT2D eigenvalue weighted by Crippen LogP contribution is -2.56. The third-order valence-corrected chi connectivity index (χ3v) is 6.47. The van der Waals surface area contributed by atoms with Gasteiger partial charge in [-0.15, -0.1) is 0 Å². The number of aliphatic hydroxyl groups is 1. The number of hydrogen-bond donors (Lipinski definition) is 1. The van der Waals surface area contributed by atoms with Crippen LogP contribution in [-0.4, -0.2) is 58.5 Å². The zero-order valence-corrected chi connectivity index (χ0v) is 18.1. The summed E-state index contributed by atoms with van der Waals surface area (Å²) in [6, 6.07) is 4.06. The fourth-order valence-electron chi connectivity index (χ4n) is 4.60. The number of rotatable bonds is 3. The molecule has 1 aromatic heterocycles. The molecule has 2 fully saturated rings. The van der Waals surface area contributed by atoms with Crippen LogP contribution in [0.25, 0.3) is 11.0 Å². The van der Waals surface area contributed by atoms with E-state index in [0.29, 0.717) is 24.9 Å². The van der Waals surface area contributed by atoms with Crippen molar-refractivity contribution in [1.82, 2.24) is 9.80 Å². The van der Waals surface area contributed by atoms with E-state index in [0.717, 1.165) is 18.9 Å². The Labute approximate surface area is 184 Å². The summed E-state index contributed by atoms with van der Waals surface area (Å²) in [6.07, 6.45) is -2.19. The molecule has 174 valence electrons. The molecule has 9 heteroatoms. The summed E-state index contributed by atoms with van der Waals surface area (Å²) in [5, 5.41) is 9.89. The van der Waals surface area contributed by atoms with Crippen molar-refractivity contribution in [3.8, 4) is 0 Å². The van der Waals surface area contributed by atoms with E-state index >= 15 is 0 Å². The van der Waals surface area contributed by atoms with E-state index in [4.69, 9.17) is 4.42 Å². The van der Waals surface area contributed by atoms with Crippen LogP contribution in [0.3, 0.4) is 0 Å². The van der Waals surface area contributed by atoms with Crippen LogP contribution in [0.2, 0.25) is 0 Å². The molecule has 2 aliphatic rings. The number of carbonyl (C=O) groups is 2. The molecule has 0 bridgehead atoms. The van der Waals surface area contributed by atoms with Crippen molar-refractivity contribution in [2.45, 2.75) is 63.8 Å². The molecular formula is C23H27F3N2O4. The third-order valence-electron chi connectivity index (χ3n) is 6.47. The lowest BCUT2D eigenvalue weighted by molar-refractivity contribution is -0.139. The van der Waals surface area contributed by atoms with Crippen LogP contribution < -0.4 is 0 Å². The summed E-state index contributed by atoms with van der Waals surface area (Å²) >= 11 is 0. The molecule has 1 N–H and O–H groups in total. The Morgan fingerprint density at radius 2 is 1.81 bits per heavy atom. The van der Waals surface area contributed by atoms with Gasteiger partial charge in [0, 0.05) is 24.5 Å². The molecule has 1 saturated carbocycles. The Morgan fingerprint density at radius 3 is 2.41 bits per heavy atom. The topological polar surface area (TPSA) is 74.0 Å². The van der Waals surface area contributed by atoms with Gasteiger partial charge in [-0.25, -0.2) is 0 Å². The molecule has 32 heavy (non-hydrogen) atoms. The van der Waals surface area contributed by atoms with Gasteiger partial charge in [0.2, 0.25) is 5.91 Å². The smallest absolute Gasteiger partial charge is 0.420 e. The van der Waals surface area contributed by atoms with Crippen molar-refractivity contribution >= 4 is 22.8 Å². The number of benzene rings is 1. The van der Waals surface area contributed by atoms with Gasteiger partial charge in [0.25, 0.3) is 5.91 Å². The van der Waals surface area contributed by atoms with E-state index in [1.165, 1.54) is 11.0 Å². The van der Waals surface area contributed by atoms with E-state index in [9.17, 15) is 27.9 Å². The molecule has 2 heterocycles. The maximum absolute atomic E-state index is 13.6. The van der Waals surface area contributed by atoms with Crippen molar-refractivity contribution in [3.05, 3.63) is 35.1 Å². The lowest BCUT2D eigenvalue weighted by atomic mass is 9.91. The van der Waals surface area contributed by atoms with Crippen LogP contribution >= 0.6 is 0 Å². The number of hydrogen-bond acceptors (Lipinski definition) is 4.